The molecule has 4 aliphatic rings. The number of rotatable bonds is 4. The maximum absolute atomic E-state index is 12.7. The Balaban J connectivity index is 1.27. The van der Waals surface area contributed by atoms with Gasteiger partial charge in [0.05, 0.1) is 24.5 Å². The number of nitrogens with one attached hydrogen (secondary N) is 1. The average molecular weight is 372 g/mol. The molecule has 1 aromatic rings. The molecule has 0 unspecified atom stereocenters. The Morgan fingerprint density at radius 3 is 2.85 bits per heavy atom. The second-order valence-corrected chi connectivity index (χ2v) is 9.17. The standard InChI is InChI=1S/C21H28N2O4/c1-20(7-2-3-8-20)19(25)22-11-14-15-12-23(18(24)17-5-4-10-26-17)13-21(15)9-6-16(14)27-21/h4-5,10,14-16H,2-3,6-9,11-13H2,1H3,(H,22,25)/t14-,15+,16+,21+/m0/s1. The molecule has 1 aliphatic carbocycles. The van der Waals surface area contributed by atoms with Gasteiger partial charge in [-0.15, -0.1) is 0 Å². The van der Waals surface area contributed by atoms with Crippen LogP contribution in [0.1, 0.15) is 56.0 Å². The Labute approximate surface area is 159 Å². The molecule has 3 aliphatic heterocycles. The number of carbonyl (C=O) groups is 2. The van der Waals surface area contributed by atoms with Crippen molar-refractivity contribution in [3.63, 3.8) is 0 Å². The summed E-state index contributed by atoms with van der Waals surface area (Å²) in [5, 5.41) is 3.23. The van der Waals surface area contributed by atoms with E-state index in [1.54, 1.807) is 12.1 Å². The van der Waals surface area contributed by atoms with E-state index in [2.05, 4.69) is 12.2 Å². The molecule has 1 N–H and O–H groups in total. The Morgan fingerprint density at radius 2 is 2.11 bits per heavy atom. The first kappa shape index (κ1) is 17.3. The van der Waals surface area contributed by atoms with Gasteiger partial charge in [0.2, 0.25) is 5.91 Å². The number of ether oxygens (including phenoxy) is 1. The molecule has 4 fully saturated rings. The summed E-state index contributed by atoms with van der Waals surface area (Å²) < 4.78 is 11.7. The van der Waals surface area contributed by atoms with Gasteiger partial charge in [-0.2, -0.15) is 0 Å². The molecule has 2 amide bonds. The van der Waals surface area contributed by atoms with Gasteiger partial charge < -0.3 is 19.4 Å². The lowest BCUT2D eigenvalue weighted by Crippen LogP contribution is -2.45. The minimum atomic E-state index is -0.223. The molecule has 5 rings (SSSR count). The number of fused-ring (bicyclic) bond motifs is 1. The highest BCUT2D eigenvalue weighted by Crippen LogP contribution is 2.54. The number of carbonyl (C=O) groups excluding carboxylic acids is 2. The van der Waals surface area contributed by atoms with Crippen LogP contribution < -0.4 is 5.32 Å². The topological polar surface area (TPSA) is 71.8 Å². The molecule has 4 heterocycles. The van der Waals surface area contributed by atoms with Crippen molar-refractivity contribution in [2.45, 2.75) is 57.2 Å². The Hall–Kier alpha value is -1.82. The van der Waals surface area contributed by atoms with Crippen LogP contribution in [0.25, 0.3) is 0 Å². The molecule has 2 bridgehead atoms. The fourth-order valence-corrected chi connectivity index (χ4v) is 5.98. The van der Waals surface area contributed by atoms with Crippen molar-refractivity contribution < 1.29 is 18.7 Å². The predicted molar refractivity (Wildman–Crippen MR) is 98.0 cm³/mol. The maximum atomic E-state index is 12.7. The molecule has 1 spiro atoms. The molecular weight excluding hydrogens is 344 g/mol. The largest absolute Gasteiger partial charge is 0.459 e. The lowest BCUT2D eigenvalue weighted by Gasteiger charge is -2.30. The molecule has 6 nitrogen and oxygen atoms in total. The average Bonchev–Trinajstić information content (AvgIpc) is 3.45. The summed E-state index contributed by atoms with van der Waals surface area (Å²) in [4.78, 5) is 27.3. The molecule has 4 atom stereocenters. The van der Waals surface area contributed by atoms with E-state index in [1.807, 2.05) is 4.90 Å². The minimum absolute atomic E-state index is 0.0583. The van der Waals surface area contributed by atoms with E-state index in [0.29, 0.717) is 37.2 Å². The van der Waals surface area contributed by atoms with Crippen molar-refractivity contribution in [3.8, 4) is 0 Å². The van der Waals surface area contributed by atoms with Gasteiger partial charge in [0.1, 0.15) is 0 Å². The monoisotopic (exact) mass is 372 g/mol. The van der Waals surface area contributed by atoms with Crippen LogP contribution in [0.3, 0.4) is 0 Å². The zero-order valence-corrected chi connectivity index (χ0v) is 15.9. The van der Waals surface area contributed by atoms with E-state index < -0.39 is 0 Å². The summed E-state index contributed by atoms with van der Waals surface area (Å²) in [5.74, 6) is 1.12. The highest BCUT2D eigenvalue weighted by atomic mass is 16.5. The third kappa shape index (κ3) is 2.64. The van der Waals surface area contributed by atoms with Crippen molar-refractivity contribution in [2.24, 2.45) is 17.3 Å². The molecule has 6 heteroatoms. The first-order valence-corrected chi connectivity index (χ1v) is 10.3. The number of furan rings is 1. The van der Waals surface area contributed by atoms with Crippen molar-refractivity contribution in [2.75, 3.05) is 19.6 Å². The first-order valence-electron chi connectivity index (χ1n) is 10.3. The first-order chi connectivity index (χ1) is 13.0. The van der Waals surface area contributed by atoms with Crippen LogP contribution >= 0.6 is 0 Å². The lowest BCUT2D eigenvalue weighted by molar-refractivity contribution is -0.130. The summed E-state index contributed by atoms with van der Waals surface area (Å²) in [5.41, 5.74) is -0.424. The van der Waals surface area contributed by atoms with Gasteiger partial charge in [0.25, 0.3) is 5.91 Å². The lowest BCUT2D eigenvalue weighted by atomic mass is 9.73. The fourth-order valence-electron chi connectivity index (χ4n) is 5.98. The second-order valence-electron chi connectivity index (χ2n) is 9.17. The third-order valence-corrected chi connectivity index (χ3v) is 7.56. The molecule has 146 valence electrons. The fraction of sp³-hybridized carbons (Fsp3) is 0.714. The van der Waals surface area contributed by atoms with Crippen molar-refractivity contribution >= 4 is 11.8 Å². The molecule has 0 radical (unpaired) electrons. The summed E-state index contributed by atoms with van der Waals surface area (Å²) in [6, 6.07) is 3.46. The summed E-state index contributed by atoms with van der Waals surface area (Å²) >= 11 is 0. The van der Waals surface area contributed by atoms with Gasteiger partial charge in [0, 0.05) is 30.3 Å². The quantitative estimate of drug-likeness (QED) is 0.882. The SMILES string of the molecule is CC1(C(=O)NC[C@H]2[C@H]3CN(C(=O)c4ccco4)C[C@]34CC[C@H]2O4)CCCC1. The highest BCUT2D eigenvalue weighted by Gasteiger charge is 2.63. The molecule has 27 heavy (non-hydrogen) atoms. The van der Waals surface area contributed by atoms with E-state index in [-0.39, 0.29) is 28.9 Å². The van der Waals surface area contributed by atoms with Gasteiger partial charge in [0.15, 0.2) is 5.76 Å². The number of likely N-dealkylation sites (tertiary alicyclic amines) is 1. The van der Waals surface area contributed by atoms with E-state index in [4.69, 9.17) is 9.15 Å². The van der Waals surface area contributed by atoms with Crippen LogP contribution in [-0.2, 0) is 9.53 Å². The van der Waals surface area contributed by atoms with Crippen molar-refractivity contribution in [3.05, 3.63) is 24.2 Å². The van der Waals surface area contributed by atoms with Crippen LogP contribution in [0.2, 0.25) is 0 Å². The van der Waals surface area contributed by atoms with E-state index >= 15 is 0 Å². The van der Waals surface area contributed by atoms with Gasteiger partial charge in [-0.05, 0) is 37.8 Å². The zero-order chi connectivity index (χ0) is 18.6. The number of hydrogen-bond acceptors (Lipinski definition) is 4. The van der Waals surface area contributed by atoms with Crippen LogP contribution in [0.5, 0.6) is 0 Å². The molecule has 0 aromatic carbocycles. The molecule has 1 aromatic heterocycles. The Kier molecular flexibility index (Phi) is 3.90. The molecule has 3 saturated heterocycles. The number of amides is 2. The van der Waals surface area contributed by atoms with Gasteiger partial charge in [-0.25, -0.2) is 0 Å². The number of nitrogens with zero attached hydrogens (tertiary/aromatic N) is 1. The highest BCUT2D eigenvalue weighted by molar-refractivity contribution is 5.91. The van der Waals surface area contributed by atoms with E-state index in [0.717, 1.165) is 38.5 Å². The Morgan fingerprint density at radius 1 is 1.30 bits per heavy atom. The summed E-state index contributed by atoms with van der Waals surface area (Å²) in [6.45, 7) is 4.07. The van der Waals surface area contributed by atoms with E-state index in [9.17, 15) is 9.59 Å². The number of hydrogen-bond donors (Lipinski definition) is 1. The second kappa shape index (κ2) is 6.09. The Bertz CT molecular complexity index is 739. The van der Waals surface area contributed by atoms with Gasteiger partial charge in [-0.3, -0.25) is 9.59 Å². The van der Waals surface area contributed by atoms with Crippen LogP contribution in [0.4, 0.5) is 0 Å². The normalized spacial score (nSPS) is 36.2. The molecular formula is C21H28N2O4. The van der Waals surface area contributed by atoms with Crippen LogP contribution in [0, 0.1) is 17.3 Å². The van der Waals surface area contributed by atoms with Crippen molar-refractivity contribution in [1.82, 2.24) is 10.2 Å². The predicted octanol–water partition coefficient (Wildman–Crippen LogP) is 2.60. The molecule has 1 saturated carbocycles. The van der Waals surface area contributed by atoms with E-state index in [1.165, 1.54) is 6.26 Å². The van der Waals surface area contributed by atoms with Crippen LogP contribution in [0.15, 0.2) is 22.8 Å². The third-order valence-electron chi connectivity index (χ3n) is 7.56. The van der Waals surface area contributed by atoms with Gasteiger partial charge in [-0.1, -0.05) is 19.8 Å². The summed E-state index contributed by atoms with van der Waals surface area (Å²) in [7, 11) is 0. The van der Waals surface area contributed by atoms with Gasteiger partial charge >= 0.3 is 0 Å². The minimum Gasteiger partial charge on any atom is -0.459 e. The van der Waals surface area contributed by atoms with Crippen LogP contribution in [-0.4, -0.2) is 48.1 Å². The van der Waals surface area contributed by atoms with Crippen molar-refractivity contribution in [1.29, 1.82) is 0 Å². The summed E-state index contributed by atoms with van der Waals surface area (Å²) in [6.07, 6.45) is 8.05. The zero-order valence-electron chi connectivity index (χ0n) is 15.9. The maximum Gasteiger partial charge on any atom is 0.289 e. The smallest absolute Gasteiger partial charge is 0.289 e.